The molecule has 0 heterocycles. The van der Waals surface area contributed by atoms with E-state index in [4.69, 9.17) is 0 Å². The molecule has 0 atom stereocenters. The van der Waals surface area contributed by atoms with E-state index in [2.05, 4.69) is 234 Å². The summed E-state index contributed by atoms with van der Waals surface area (Å²) in [6.07, 6.45) is 0. The van der Waals surface area contributed by atoms with Crippen molar-refractivity contribution >= 4 is 119 Å². The van der Waals surface area contributed by atoms with Crippen molar-refractivity contribution in [2.75, 3.05) is 9.80 Å². The Morgan fingerprint density at radius 3 is 0.879 bits per heavy atom. The van der Waals surface area contributed by atoms with Crippen LogP contribution in [-0.4, -0.2) is 32.3 Å². The van der Waals surface area contributed by atoms with Gasteiger partial charge in [0.05, 0.1) is 43.7 Å². The lowest BCUT2D eigenvalue weighted by atomic mass is 9.91. The molecule has 0 N–H and O–H groups in total. The zero-order valence-corrected chi connectivity index (χ0v) is 40.8. The number of anilines is 6. The Balaban J connectivity index is 1.51. The summed E-state index contributed by atoms with van der Waals surface area (Å²) in [5.74, 6) is 0. The molecule has 0 aliphatic carbocycles. The van der Waals surface area contributed by atoms with Gasteiger partial charge in [0.2, 0.25) is 0 Å². The van der Waals surface area contributed by atoms with Crippen LogP contribution < -0.4 is 30.5 Å². The topological polar surface area (TPSA) is 6.48 Å². The molecular formula is C52H60N2Si4. The van der Waals surface area contributed by atoms with E-state index in [1.165, 1.54) is 87.2 Å². The molecule has 0 aliphatic heterocycles. The van der Waals surface area contributed by atoms with Gasteiger partial charge in [0.1, 0.15) is 0 Å². The first-order valence-corrected chi connectivity index (χ1v) is 35.0. The first-order chi connectivity index (χ1) is 27.3. The molecule has 0 aliphatic rings. The summed E-state index contributed by atoms with van der Waals surface area (Å²) in [4.78, 5) is 5.06. The van der Waals surface area contributed by atoms with Gasteiger partial charge in [0.25, 0.3) is 0 Å². The highest BCUT2D eigenvalue weighted by atomic mass is 28.3. The molecule has 0 aromatic heterocycles. The molecule has 0 saturated heterocycles. The van der Waals surface area contributed by atoms with E-state index in [9.17, 15) is 0 Å². The molecule has 0 fully saturated rings. The molecular weight excluding hydrogens is 765 g/mol. The van der Waals surface area contributed by atoms with Crippen LogP contribution in [0.25, 0.3) is 32.3 Å². The molecule has 0 bridgehead atoms. The van der Waals surface area contributed by atoms with Crippen molar-refractivity contribution in [3.05, 3.63) is 146 Å². The van der Waals surface area contributed by atoms with Gasteiger partial charge >= 0.3 is 0 Å². The second kappa shape index (κ2) is 14.5. The Hall–Kier alpha value is -4.73. The van der Waals surface area contributed by atoms with Crippen LogP contribution >= 0.6 is 0 Å². The zero-order valence-electron chi connectivity index (χ0n) is 36.8. The van der Waals surface area contributed by atoms with E-state index in [1.807, 2.05) is 0 Å². The van der Waals surface area contributed by atoms with Crippen molar-refractivity contribution in [3.63, 3.8) is 0 Å². The fourth-order valence-electron chi connectivity index (χ4n) is 8.80. The lowest BCUT2D eigenvalue weighted by molar-refractivity contribution is 1.30. The molecule has 294 valence electrons. The second-order valence-electron chi connectivity index (χ2n) is 20.4. The van der Waals surface area contributed by atoms with Crippen LogP contribution in [-0.2, 0) is 0 Å². The lowest BCUT2D eigenvalue weighted by Crippen LogP contribution is -2.40. The van der Waals surface area contributed by atoms with E-state index in [0.29, 0.717) is 0 Å². The Morgan fingerprint density at radius 1 is 0.293 bits per heavy atom. The van der Waals surface area contributed by atoms with E-state index >= 15 is 0 Å². The summed E-state index contributed by atoms with van der Waals surface area (Å²) in [7, 11) is -6.70. The summed E-state index contributed by atoms with van der Waals surface area (Å²) in [6.45, 7) is 29.7. The number of benzene rings is 8. The summed E-state index contributed by atoms with van der Waals surface area (Å²) in [6, 6.07) is 56.0. The first-order valence-electron chi connectivity index (χ1n) is 21.0. The number of rotatable bonds is 10. The minimum absolute atomic E-state index is 1.18. The molecule has 0 unspecified atom stereocenters. The summed E-state index contributed by atoms with van der Waals surface area (Å²) in [5, 5.41) is 14.2. The molecule has 6 heteroatoms. The smallest absolute Gasteiger partial charge is 0.0785 e. The van der Waals surface area contributed by atoms with Gasteiger partial charge in [-0.15, -0.1) is 0 Å². The van der Waals surface area contributed by atoms with Crippen molar-refractivity contribution < 1.29 is 0 Å². The number of para-hydroxylation sites is 2. The average molecular weight is 825 g/mol. The highest BCUT2D eigenvalue weighted by molar-refractivity contribution is 6.92. The van der Waals surface area contributed by atoms with Crippen LogP contribution in [0.15, 0.2) is 146 Å². The standard InChI is InChI=1S/C52H60N2Si4/c1-55(2,3)41-27-23-39(24-28-41)53(37-19-15-13-16-20-37)47-35-49(57(7,8)9)45-33-34-46-50(58(10,11)12)36-48(44-32-31-43(47)51(45)52(44)46)54(38-21-17-14-18-22-38)40-25-29-42(30-26-40)56(4,5)6/h13-36H,1-12H3. The second-order valence-corrected chi connectivity index (χ2v) is 40.6. The van der Waals surface area contributed by atoms with Gasteiger partial charge in [-0.05, 0) is 82.2 Å². The van der Waals surface area contributed by atoms with Gasteiger partial charge in [-0.25, -0.2) is 0 Å². The van der Waals surface area contributed by atoms with E-state index in [1.54, 1.807) is 0 Å². The summed E-state index contributed by atoms with van der Waals surface area (Å²) >= 11 is 0. The Bertz CT molecular complexity index is 2540. The van der Waals surface area contributed by atoms with Crippen molar-refractivity contribution in [2.45, 2.75) is 78.6 Å². The Labute approximate surface area is 351 Å². The van der Waals surface area contributed by atoms with Crippen molar-refractivity contribution in [1.82, 2.24) is 0 Å². The van der Waals surface area contributed by atoms with E-state index in [0.717, 1.165) is 0 Å². The molecule has 0 saturated carbocycles. The lowest BCUT2D eigenvalue weighted by Gasteiger charge is -2.33. The summed E-state index contributed by atoms with van der Waals surface area (Å²) < 4.78 is 0. The van der Waals surface area contributed by atoms with Gasteiger partial charge in [-0.2, -0.15) is 0 Å². The van der Waals surface area contributed by atoms with Crippen LogP contribution in [0.3, 0.4) is 0 Å². The van der Waals surface area contributed by atoms with Gasteiger partial charge in [-0.1, -0.05) is 184 Å². The van der Waals surface area contributed by atoms with Gasteiger partial charge in [0, 0.05) is 33.5 Å². The van der Waals surface area contributed by atoms with Crippen LogP contribution in [0.4, 0.5) is 34.1 Å². The predicted molar refractivity (Wildman–Crippen MR) is 271 cm³/mol. The van der Waals surface area contributed by atoms with Crippen molar-refractivity contribution in [1.29, 1.82) is 0 Å². The molecule has 2 nitrogen and oxygen atoms in total. The maximum atomic E-state index is 2.56. The zero-order chi connectivity index (χ0) is 41.4. The molecule has 8 aromatic carbocycles. The Morgan fingerprint density at radius 2 is 0.586 bits per heavy atom. The highest BCUT2D eigenvalue weighted by Gasteiger charge is 2.31. The van der Waals surface area contributed by atoms with Crippen LogP contribution in [0.1, 0.15) is 0 Å². The van der Waals surface area contributed by atoms with Crippen LogP contribution in [0, 0.1) is 0 Å². The molecule has 8 aromatic rings. The van der Waals surface area contributed by atoms with Crippen LogP contribution in [0.2, 0.25) is 78.6 Å². The minimum Gasteiger partial charge on any atom is -0.310 e. The number of hydrogen-bond acceptors (Lipinski definition) is 2. The average Bonchev–Trinajstić information content (AvgIpc) is 3.17. The number of nitrogens with zero attached hydrogens (tertiary/aromatic N) is 2. The third-order valence-corrected chi connectivity index (χ3v) is 20.2. The monoisotopic (exact) mass is 824 g/mol. The first kappa shape index (κ1) is 40.1. The molecule has 8 rings (SSSR count). The normalized spacial score (nSPS) is 12.8. The fourth-order valence-corrected chi connectivity index (χ4v) is 14.3. The summed E-state index contributed by atoms with van der Waals surface area (Å²) in [5.41, 5.74) is 7.28. The molecule has 0 radical (unpaired) electrons. The Kier molecular flexibility index (Phi) is 10.0. The minimum atomic E-state index is -1.87. The molecule has 58 heavy (non-hydrogen) atoms. The molecule has 0 amide bonds. The van der Waals surface area contributed by atoms with Crippen molar-refractivity contribution in [2.24, 2.45) is 0 Å². The third kappa shape index (κ3) is 7.29. The van der Waals surface area contributed by atoms with Gasteiger partial charge in [0.15, 0.2) is 0 Å². The number of hydrogen-bond donors (Lipinski definition) is 0. The largest absolute Gasteiger partial charge is 0.310 e. The van der Waals surface area contributed by atoms with Crippen LogP contribution in [0.5, 0.6) is 0 Å². The SMILES string of the molecule is C[Si](C)(C)c1ccc(N(c2ccccc2)c2cc([Si](C)(C)C)c3ccc4c([Si](C)(C)C)cc(N(c5ccccc5)c5ccc([Si](C)(C)C)cc5)c5ccc2c3c54)cc1. The molecule has 0 spiro atoms. The quantitative estimate of drug-likeness (QED) is 0.100. The van der Waals surface area contributed by atoms with Crippen molar-refractivity contribution in [3.8, 4) is 0 Å². The maximum absolute atomic E-state index is 2.56. The predicted octanol–water partition coefficient (Wildman–Crippen LogP) is 13.7. The third-order valence-electron chi connectivity index (χ3n) is 12.0. The highest BCUT2D eigenvalue weighted by Crippen LogP contribution is 2.47. The van der Waals surface area contributed by atoms with E-state index in [-0.39, 0.29) is 0 Å². The maximum Gasteiger partial charge on any atom is 0.0785 e. The van der Waals surface area contributed by atoms with Gasteiger partial charge in [-0.3, -0.25) is 0 Å². The fraction of sp³-hybridized carbons (Fsp3) is 0.231. The van der Waals surface area contributed by atoms with Gasteiger partial charge < -0.3 is 9.80 Å². The van der Waals surface area contributed by atoms with E-state index < -0.39 is 32.3 Å².